The summed E-state index contributed by atoms with van der Waals surface area (Å²) < 4.78 is 42.5. The van der Waals surface area contributed by atoms with Crippen LogP contribution in [0.4, 0.5) is 8.78 Å². The minimum absolute atomic E-state index is 0.0349. The van der Waals surface area contributed by atoms with Gasteiger partial charge in [0.05, 0.1) is 17.5 Å². The van der Waals surface area contributed by atoms with Crippen molar-refractivity contribution in [2.75, 3.05) is 5.75 Å². The molecule has 0 bridgehead atoms. The number of alkyl halides is 2. The second kappa shape index (κ2) is 6.86. The molecular formula is C20H18F2N2O3S. The molecule has 146 valence electrons. The normalized spacial score (nSPS) is 18.2. The van der Waals surface area contributed by atoms with E-state index in [1.165, 1.54) is 12.1 Å². The highest BCUT2D eigenvalue weighted by atomic mass is 32.2. The standard InChI is InChI=1S/C20H18F2N2O3S/c1-12-14(15-10-23-6-4-17(15)24(12)11-19(25)26)8-13-2-3-18-16(9-13)20(21,22)5-7-28(18)27/h2-4,6,9-10H,5,7-8,11H2,1H3,(H,25,26). The lowest BCUT2D eigenvalue weighted by atomic mass is 9.97. The monoisotopic (exact) mass is 404 g/mol. The Morgan fingerprint density at radius 1 is 1.39 bits per heavy atom. The van der Waals surface area contributed by atoms with Crippen molar-refractivity contribution in [2.45, 2.75) is 37.1 Å². The van der Waals surface area contributed by atoms with E-state index in [0.29, 0.717) is 12.0 Å². The number of carboxylic acid groups (broad SMARTS) is 1. The van der Waals surface area contributed by atoms with E-state index in [1.807, 2.05) is 6.92 Å². The van der Waals surface area contributed by atoms with Gasteiger partial charge in [0, 0.05) is 23.5 Å². The third-order valence-corrected chi connectivity index (χ3v) is 6.64. The smallest absolute Gasteiger partial charge is 0.323 e. The number of halogens is 2. The molecular weight excluding hydrogens is 386 g/mol. The van der Waals surface area contributed by atoms with Crippen LogP contribution < -0.4 is 0 Å². The van der Waals surface area contributed by atoms with Crippen LogP contribution in [0.2, 0.25) is 0 Å². The highest BCUT2D eigenvalue weighted by Crippen LogP contribution is 2.42. The molecule has 4 rings (SSSR count). The molecule has 28 heavy (non-hydrogen) atoms. The summed E-state index contributed by atoms with van der Waals surface area (Å²) in [5.41, 5.74) is 2.86. The van der Waals surface area contributed by atoms with Crippen molar-refractivity contribution in [1.29, 1.82) is 0 Å². The zero-order chi connectivity index (χ0) is 20.1. The summed E-state index contributed by atoms with van der Waals surface area (Å²) in [5.74, 6) is -3.99. The molecule has 0 radical (unpaired) electrons. The number of hydrogen-bond acceptors (Lipinski definition) is 3. The number of carbonyl (C=O) groups is 1. The second-order valence-electron chi connectivity index (χ2n) is 6.95. The van der Waals surface area contributed by atoms with Crippen LogP contribution in [0.3, 0.4) is 0 Å². The maximum absolute atomic E-state index is 14.4. The van der Waals surface area contributed by atoms with Gasteiger partial charge >= 0.3 is 5.97 Å². The van der Waals surface area contributed by atoms with E-state index in [-0.39, 0.29) is 22.8 Å². The first-order chi connectivity index (χ1) is 13.3. The van der Waals surface area contributed by atoms with Gasteiger partial charge < -0.3 is 14.2 Å². The molecule has 1 N–H and O–H groups in total. The molecule has 1 aromatic carbocycles. The van der Waals surface area contributed by atoms with Gasteiger partial charge in [-0.3, -0.25) is 9.78 Å². The van der Waals surface area contributed by atoms with E-state index in [0.717, 1.165) is 22.2 Å². The molecule has 1 aliphatic heterocycles. The lowest BCUT2D eigenvalue weighted by molar-refractivity contribution is -0.137. The number of carboxylic acids is 1. The SMILES string of the molecule is Cc1c(Cc2ccc3c(c2)C(F)(F)CC[S+]3[O-])c2cnccc2n1CC(=O)O. The molecule has 3 aromatic rings. The quantitative estimate of drug-likeness (QED) is 0.674. The lowest BCUT2D eigenvalue weighted by Crippen LogP contribution is -2.28. The number of fused-ring (bicyclic) bond motifs is 2. The number of pyridine rings is 1. The Labute approximate surface area is 163 Å². The Morgan fingerprint density at radius 2 is 2.18 bits per heavy atom. The Balaban J connectivity index is 1.79. The molecule has 0 saturated heterocycles. The Morgan fingerprint density at radius 3 is 2.93 bits per heavy atom. The molecule has 0 saturated carbocycles. The molecule has 0 aliphatic carbocycles. The number of aliphatic carboxylic acids is 1. The van der Waals surface area contributed by atoms with Gasteiger partial charge in [0.15, 0.2) is 4.90 Å². The van der Waals surface area contributed by atoms with Gasteiger partial charge in [-0.25, -0.2) is 8.78 Å². The third kappa shape index (κ3) is 3.16. The van der Waals surface area contributed by atoms with Crippen LogP contribution in [0.1, 0.15) is 28.8 Å². The first-order valence-corrected chi connectivity index (χ1v) is 10.1. The zero-order valence-corrected chi connectivity index (χ0v) is 15.9. The fourth-order valence-corrected chi connectivity index (χ4v) is 5.13. The van der Waals surface area contributed by atoms with E-state index in [9.17, 15) is 23.2 Å². The van der Waals surface area contributed by atoms with Crippen molar-refractivity contribution >= 4 is 28.0 Å². The highest BCUT2D eigenvalue weighted by molar-refractivity contribution is 7.91. The van der Waals surface area contributed by atoms with Crippen LogP contribution in [0.15, 0.2) is 41.6 Å². The summed E-state index contributed by atoms with van der Waals surface area (Å²) in [4.78, 5) is 15.6. The number of benzene rings is 1. The second-order valence-corrected chi connectivity index (χ2v) is 8.49. The van der Waals surface area contributed by atoms with Gasteiger partial charge in [-0.1, -0.05) is 6.07 Å². The van der Waals surface area contributed by atoms with Gasteiger partial charge in [-0.05, 0) is 53.8 Å². The minimum atomic E-state index is -2.99. The molecule has 3 heterocycles. The van der Waals surface area contributed by atoms with Gasteiger partial charge in [-0.2, -0.15) is 0 Å². The van der Waals surface area contributed by atoms with E-state index in [1.54, 1.807) is 29.1 Å². The van der Waals surface area contributed by atoms with Crippen LogP contribution in [0.5, 0.6) is 0 Å². The van der Waals surface area contributed by atoms with E-state index in [2.05, 4.69) is 4.98 Å². The molecule has 2 aromatic heterocycles. The summed E-state index contributed by atoms with van der Waals surface area (Å²) in [5, 5.41) is 10.0. The molecule has 0 fully saturated rings. The molecule has 5 nitrogen and oxygen atoms in total. The average Bonchev–Trinajstić information content (AvgIpc) is 2.91. The van der Waals surface area contributed by atoms with Crippen molar-refractivity contribution in [3.8, 4) is 0 Å². The van der Waals surface area contributed by atoms with E-state index >= 15 is 0 Å². The molecule has 1 unspecified atom stereocenters. The maximum atomic E-state index is 14.4. The van der Waals surface area contributed by atoms with E-state index in [4.69, 9.17) is 0 Å². The van der Waals surface area contributed by atoms with Crippen molar-refractivity contribution in [3.05, 3.63) is 59.0 Å². The largest absolute Gasteiger partial charge is 0.611 e. The minimum Gasteiger partial charge on any atom is -0.611 e. The fraction of sp³-hybridized carbons (Fsp3) is 0.300. The van der Waals surface area contributed by atoms with Crippen molar-refractivity contribution in [1.82, 2.24) is 9.55 Å². The number of nitrogens with zero attached hydrogens (tertiary/aromatic N) is 2. The van der Waals surface area contributed by atoms with Crippen molar-refractivity contribution < 1.29 is 23.2 Å². The predicted octanol–water partition coefficient (Wildman–Crippen LogP) is 3.62. The number of aromatic nitrogens is 2. The van der Waals surface area contributed by atoms with Gasteiger partial charge in [0.2, 0.25) is 0 Å². The van der Waals surface area contributed by atoms with Crippen LogP contribution in [-0.4, -0.2) is 30.9 Å². The summed E-state index contributed by atoms with van der Waals surface area (Å²) in [6.07, 6.45) is 3.20. The summed E-state index contributed by atoms with van der Waals surface area (Å²) in [7, 11) is 0. The summed E-state index contributed by atoms with van der Waals surface area (Å²) in [6.45, 7) is 1.63. The molecule has 8 heteroatoms. The van der Waals surface area contributed by atoms with Crippen LogP contribution in [0, 0.1) is 6.92 Å². The zero-order valence-electron chi connectivity index (χ0n) is 15.1. The lowest BCUT2D eigenvalue weighted by Gasteiger charge is -2.26. The summed E-state index contributed by atoms with van der Waals surface area (Å²) in [6, 6.07) is 6.42. The Kier molecular flexibility index (Phi) is 4.63. The van der Waals surface area contributed by atoms with E-state index < -0.39 is 29.5 Å². The third-order valence-electron chi connectivity index (χ3n) is 5.21. The number of rotatable bonds is 4. The van der Waals surface area contributed by atoms with Gasteiger partial charge in [0.25, 0.3) is 5.92 Å². The topological polar surface area (TPSA) is 78.2 Å². The molecule has 0 amide bonds. The summed E-state index contributed by atoms with van der Waals surface area (Å²) >= 11 is -1.41. The van der Waals surface area contributed by atoms with Gasteiger partial charge in [0.1, 0.15) is 12.3 Å². The van der Waals surface area contributed by atoms with Crippen molar-refractivity contribution in [2.24, 2.45) is 0 Å². The maximum Gasteiger partial charge on any atom is 0.323 e. The van der Waals surface area contributed by atoms with Crippen LogP contribution in [-0.2, 0) is 34.9 Å². The molecule has 1 aliphatic rings. The Bertz CT molecular complexity index is 1080. The van der Waals surface area contributed by atoms with Gasteiger partial charge in [-0.15, -0.1) is 0 Å². The van der Waals surface area contributed by atoms with Crippen LogP contribution in [0.25, 0.3) is 10.9 Å². The molecule has 0 spiro atoms. The van der Waals surface area contributed by atoms with Crippen LogP contribution >= 0.6 is 0 Å². The number of hydrogen-bond donors (Lipinski definition) is 1. The Hall–Kier alpha value is -2.45. The predicted molar refractivity (Wildman–Crippen MR) is 101 cm³/mol. The molecule has 1 atom stereocenters. The first kappa shape index (κ1) is 18.9. The highest BCUT2D eigenvalue weighted by Gasteiger charge is 2.43. The first-order valence-electron chi connectivity index (χ1n) is 8.81. The van der Waals surface area contributed by atoms with Crippen molar-refractivity contribution in [3.63, 3.8) is 0 Å². The fourth-order valence-electron chi connectivity index (χ4n) is 3.80. The average molecular weight is 404 g/mol.